The van der Waals surface area contributed by atoms with Crippen molar-refractivity contribution in [1.29, 1.82) is 0 Å². The van der Waals surface area contributed by atoms with Crippen LogP contribution in [0.15, 0.2) is 61.2 Å². The Morgan fingerprint density at radius 1 is 1.04 bits per heavy atom. The largest absolute Gasteiger partial charge is 0.336 e. The molecule has 0 bridgehead atoms. The molecule has 3 aromatic rings. The number of para-hydroxylation sites is 1. The lowest BCUT2D eigenvalue weighted by atomic mass is 10.0. The van der Waals surface area contributed by atoms with Gasteiger partial charge in [-0.1, -0.05) is 12.1 Å². The molecule has 0 radical (unpaired) electrons. The van der Waals surface area contributed by atoms with Crippen molar-refractivity contribution in [2.75, 3.05) is 13.1 Å². The van der Waals surface area contributed by atoms with Gasteiger partial charge in [0.25, 0.3) is 5.91 Å². The number of benzene rings is 1. The third kappa shape index (κ3) is 2.71. The first-order valence-electron chi connectivity index (χ1n) is 8.20. The van der Waals surface area contributed by atoms with E-state index >= 15 is 0 Å². The number of amides is 1. The second-order valence-electron chi connectivity index (χ2n) is 6.00. The summed E-state index contributed by atoms with van der Waals surface area (Å²) in [5, 5.41) is 8.59. The third-order valence-corrected chi connectivity index (χ3v) is 4.47. The molecule has 6 heteroatoms. The Bertz CT molecular complexity index is 810. The number of hydrogen-bond acceptors (Lipinski definition) is 3. The molecule has 1 saturated heterocycles. The number of carbonyl (C=O) groups excluding carboxylic acids is 1. The van der Waals surface area contributed by atoms with Crippen LogP contribution in [0, 0.1) is 0 Å². The van der Waals surface area contributed by atoms with E-state index in [4.69, 9.17) is 0 Å². The highest BCUT2D eigenvalue weighted by atomic mass is 16.2. The molecule has 3 heterocycles. The molecule has 0 saturated carbocycles. The SMILES string of the molecule is O=C(c1ccccc1-n1cccn1)N1CCCC(n2cccn2)C1. The van der Waals surface area contributed by atoms with E-state index in [9.17, 15) is 4.79 Å². The summed E-state index contributed by atoms with van der Waals surface area (Å²) in [5.74, 6) is 0.0537. The van der Waals surface area contributed by atoms with Crippen LogP contribution in [0.1, 0.15) is 29.2 Å². The molecule has 1 aromatic carbocycles. The zero-order valence-electron chi connectivity index (χ0n) is 13.3. The van der Waals surface area contributed by atoms with E-state index in [1.807, 2.05) is 58.4 Å². The summed E-state index contributed by atoms with van der Waals surface area (Å²) in [6.07, 6.45) is 9.36. The summed E-state index contributed by atoms with van der Waals surface area (Å²) in [6.45, 7) is 1.47. The number of aromatic nitrogens is 4. The first kappa shape index (κ1) is 14.7. The lowest BCUT2D eigenvalue weighted by Crippen LogP contribution is -2.41. The minimum atomic E-state index is 0.0537. The lowest BCUT2D eigenvalue weighted by molar-refractivity contribution is 0.0673. The maximum atomic E-state index is 13.1. The molecule has 122 valence electrons. The summed E-state index contributed by atoms with van der Waals surface area (Å²) in [6, 6.07) is 11.6. The van der Waals surface area contributed by atoms with Gasteiger partial charge in [-0.2, -0.15) is 10.2 Å². The number of likely N-dealkylation sites (tertiary alicyclic amines) is 1. The predicted octanol–water partition coefficient (Wildman–Crippen LogP) is 2.55. The van der Waals surface area contributed by atoms with Crippen LogP contribution in [0.2, 0.25) is 0 Å². The maximum absolute atomic E-state index is 13.1. The van der Waals surface area contributed by atoms with Crippen molar-refractivity contribution in [3.63, 3.8) is 0 Å². The van der Waals surface area contributed by atoms with Gasteiger partial charge in [0.15, 0.2) is 0 Å². The molecule has 6 nitrogen and oxygen atoms in total. The van der Waals surface area contributed by atoms with Crippen molar-refractivity contribution < 1.29 is 4.79 Å². The van der Waals surface area contributed by atoms with Gasteiger partial charge in [-0.3, -0.25) is 9.48 Å². The van der Waals surface area contributed by atoms with Crippen molar-refractivity contribution in [3.8, 4) is 5.69 Å². The zero-order chi connectivity index (χ0) is 16.4. The van der Waals surface area contributed by atoms with Crippen LogP contribution in [-0.4, -0.2) is 43.5 Å². The second-order valence-corrected chi connectivity index (χ2v) is 6.00. The van der Waals surface area contributed by atoms with Gasteiger partial charge in [0.05, 0.1) is 17.3 Å². The monoisotopic (exact) mass is 321 g/mol. The Morgan fingerprint density at radius 2 is 1.88 bits per heavy atom. The Balaban J connectivity index is 1.60. The van der Waals surface area contributed by atoms with Crippen LogP contribution in [-0.2, 0) is 0 Å². The molecule has 0 N–H and O–H groups in total. The van der Waals surface area contributed by atoms with Gasteiger partial charge in [0.2, 0.25) is 0 Å². The second kappa shape index (κ2) is 6.31. The van der Waals surface area contributed by atoms with Gasteiger partial charge in [-0.25, -0.2) is 4.68 Å². The molecule has 2 aromatic heterocycles. The molecular formula is C18H19N5O. The Morgan fingerprint density at radius 3 is 2.67 bits per heavy atom. The quantitative estimate of drug-likeness (QED) is 0.745. The van der Waals surface area contributed by atoms with Crippen LogP contribution in [0.3, 0.4) is 0 Å². The highest BCUT2D eigenvalue weighted by Gasteiger charge is 2.27. The molecule has 0 aliphatic carbocycles. The number of nitrogens with zero attached hydrogens (tertiary/aromatic N) is 5. The van der Waals surface area contributed by atoms with Crippen LogP contribution in [0.25, 0.3) is 5.69 Å². The van der Waals surface area contributed by atoms with E-state index in [0.717, 1.165) is 25.1 Å². The smallest absolute Gasteiger partial charge is 0.256 e. The predicted molar refractivity (Wildman–Crippen MR) is 90.0 cm³/mol. The summed E-state index contributed by atoms with van der Waals surface area (Å²) in [5.41, 5.74) is 1.50. The number of piperidine rings is 1. The first-order valence-corrected chi connectivity index (χ1v) is 8.20. The van der Waals surface area contributed by atoms with Gasteiger partial charge in [0.1, 0.15) is 0 Å². The van der Waals surface area contributed by atoms with Crippen LogP contribution >= 0.6 is 0 Å². The van der Waals surface area contributed by atoms with E-state index in [2.05, 4.69) is 10.2 Å². The fourth-order valence-corrected chi connectivity index (χ4v) is 3.29. The van der Waals surface area contributed by atoms with Crippen molar-refractivity contribution in [2.24, 2.45) is 0 Å². The zero-order valence-corrected chi connectivity index (χ0v) is 13.3. The highest BCUT2D eigenvalue weighted by Crippen LogP contribution is 2.24. The average molecular weight is 321 g/mol. The molecular weight excluding hydrogens is 302 g/mol. The summed E-state index contributed by atoms with van der Waals surface area (Å²) >= 11 is 0. The molecule has 1 aliphatic heterocycles. The molecule has 4 rings (SSSR count). The van der Waals surface area contributed by atoms with Crippen LogP contribution < -0.4 is 0 Å². The van der Waals surface area contributed by atoms with E-state index in [1.54, 1.807) is 17.1 Å². The number of rotatable bonds is 3. The minimum Gasteiger partial charge on any atom is -0.336 e. The molecule has 0 spiro atoms. The summed E-state index contributed by atoms with van der Waals surface area (Å²) < 4.78 is 3.70. The maximum Gasteiger partial charge on any atom is 0.256 e. The molecule has 1 amide bonds. The minimum absolute atomic E-state index is 0.0537. The lowest BCUT2D eigenvalue weighted by Gasteiger charge is -2.33. The first-order chi connectivity index (χ1) is 11.8. The van der Waals surface area contributed by atoms with Crippen molar-refractivity contribution in [3.05, 3.63) is 66.7 Å². The van der Waals surface area contributed by atoms with Gasteiger partial charge < -0.3 is 4.90 Å². The van der Waals surface area contributed by atoms with Gasteiger partial charge in [-0.15, -0.1) is 0 Å². The van der Waals surface area contributed by atoms with Crippen molar-refractivity contribution in [1.82, 2.24) is 24.5 Å². The normalized spacial score (nSPS) is 17.8. The van der Waals surface area contributed by atoms with E-state index < -0.39 is 0 Å². The summed E-state index contributed by atoms with van der Waals surface area (Å²) in [7, 11) is 0. The van der Waals surface area contributed by atoms with Crippen LogP contribution in [0.5, 0.6) is 0 Å². The average Bonchev–Trinajstić information content (AvgIpc) is 3.35. The number of hydrogen-bond donors (Lipinski definition) is 0. The van der Waals surface area contributed by atoms with E-state index in [-0.39, 0.29) is 11.9 Å². The molecule has 24 heavy (non-hydrogen) atoms. The molecule has 1 fully saturated rings. The molecule has 1 aliphatic rings. The molecule has 1 unspecified atom stereocenters. The van der Waals surface area contributed by atoms with Crippen molar-refractivity contribution >= 4 is 5.91 Å². The van der Waals surface area contributed by atoms with Crippen LogP contribution in [0.4, 0.5) is 0 Å². The fourth-order valence-electron chi connectivity index (χ4n) is 3.29. The Labute approximate surface area is 140 Å². The van der Waals surface area contributed by atoms with Gasteiger partial charge in [-0.05, 0) is 37.1 Å². The number of carbonyl (C=O) groups is 1. The highest BCUT2D eigenvalue weighted by molar-refractivity contribution is 5.97. The van der Waals surface area contributed by atoms with E-state index in [0.29, 0.717) is 12.1 Å². The van der Waals surface area contributed by atoms with Gasteiger partial charge >= 0.3 is 0 Å². The fraction of sp³-hybridized carbons (Fsp3) is 0.278. The summed E-state index contributed by atoms with van der Waals surface area (Å²) in [4.78, 5) is 15.0. The Hall–Kier alpha value is -2.89. The van der Waals surface area contributed by atoms with Gasteiger partial charge in [0, 0.05) is 37.9 Å². The third-order valence-electron chi connectivity index (χ3n) is 4.47. The standard InChI is InChI=1S/C18H19N5O/c24-18(16-7-1-2-8-17(16)23-13-5-10-20-23)21-11-3-6-15(14-21)22-12-4-9-19-22/h1-2,4-5,7-10,12-13,15H,3,6,11,14H2. The molecule has 1 atom stereocenters. The van der Waals surface area contributed by atoms with E-state index in [1.165, 1.54) is 0 Å². The Kier molecular flexibility index (Phi) is 3.86. The van der Waals surface area contributed by atoms with Crippen molar-refractivity contribution in [2.45, 2.75) is 18.9 Å². The topological polar surface area (TPSA) is 56.0 Å².